The fourth-order valence-electron chi connectivity index (χ4n) is 3.22. The molecule has 1 heterocycles. The minimum atomic E-state index is -0.508. The van der Waals surface area contributed by atoms with Crippen molar-refractivity contribution >= 4 is 28.6 Å². The molecule has 0 saturated carbocycles. The summed E-state index contributed by atoms with van der Waals surface area (Å²) in [5, 5.41) is 10.3. The van der Waals surface area contributed by atoms with Gasteiger partial charge in [-0.25, -0.2) is 0 Å². The van der Waals surface area contributed by atoms with E-state index in [-0.39, 0.29) is 5.54 Å². The first-order valence-corrected chi connectivity index (χ1v) is 8.28. The summed E-state index contributed by atoms with van der Waals surface area (Å²) in [5.74, 6) is 0. The molecule has 4 heteroatoms. The number of hydrogen-bond donors (Lipinski definition) is 1. The van der Waals surface area contributed by atoms with Crippen LogP contribution in [0.1, 0.15) is 18.1 Å². The molecule has 2 aromatic carbocycles. The van der Waals surface area contributed by atoms with Gasteiger partial charge in [0.25, 0.3) is 0 Å². The van der Waals surface area contributed by atoms with Crippen LogP contribution in [0, 0.1) is 0 Å². The van der Waals surface area contributed by atoms with E-state index in [1.54, 1.807) is 0 Å². The number of halogens is 1. The lowest BCUT2D eigenvalue weighted by molar-refractivity contribution is 0.273. The van der Waals surface area contributed by atoms with Gasteiger partial charge in [0.1, 0.15) is 0 Å². The summed E-state index contributed by atoms with van der Waals surface area (Å²) in [6, 6.07) is 18.7. The Morgan fingerprint density at radius 3 is 2.50 bits per heavy atom. The molecule has 0 amide bonds. The average Bonchev–Trinajstić information content (AvgIpc) is 2.88. The molecule has 0 radical (unpaired) electrons. The van der Waals surface area contributed by atoms with E-state index in [9.17, 15) is 5.02 Å². The van der Waals surface area contributed by atoms with Crippen LogP contribution in [0.2, 0.25) is 6.82 Å². The van der Waals surface area contributed by atoms with Gasteiger partial charge in [-0.15, -0.1) is 0 Å². The van der Waals surface area contributed by atoms with Gasteiger partial charge in [-0.3, -0.25) is 0 Å². The number of nitrogens with zero attached hydrogens (tertiary/aromatic N) is 1. The lowest BCUT2D eigenvalue weighted by Gasteiger charge is -2.36. The van der Waals surface area contributed by atoms with E-state index >= 15 is 0 Å². The molecule has 0 bridgehead atoms. The van der Waals surface area contributed by atoms with Crippen molar-refractivity contribution in [2.45, 2.75) is 19.3 Å². The second-order valence-corrected chi connectivity index (χ2v) is 6.87. The van der Waals surface area contributed by atoms with E-state index in [4.69, 9.17) is 0 Å². The largest absolute Gasteiger partial charge is 0.437 e. The van der Waals surface area contributed by atoms with Crippen LogP contribution < -0.4 is 0 Å². The lowest BCUT2D eigenvalue weighted by atomic mass is 9.77. The maximum atomic E-state index is 10.3. The second kappa shape index (κ2) is 6.03. The highest BCUT2D eigenvalue weighted by Gasteiger charge is 2.41. The van der Waals surface area contributed by atoms with Crippen molar-refractivity contribution in [1.82, 2.24) is 4.81 Å². The third-order valence-corrected chi connectivity index (χ3v) is 4.89. The van der Waals surface area contributed by atoms with Crippen LogP contribution in [-0.2, 0) is 5.54 Å². The zero-order valence-corrected chi connectivity index (χ0v) is 14.4. The molecule has 112 valence electrons. The van der Waals surface area contributed by atoms with Crippen LogP contribution in [0.15, 0.2) is 65.1 Å². The van der Waals surface area contributed by atoms with Crippen molar-refractivity contribution in [3.8, 4) is 0 Å². The molecule has 1 unspecified atom stereocenters. The molecule has 3 rings (SSSR count). The van der Waals surface area contributed by atoms with Gasteiger partial charge < -0.3 is 9.83 Å². The Morgan fingerprint density at radius 2 is 1.86 bits per heavy atom. The van der Waals surface area contributed by atoms with Gasteiger partial charge in [-0.05, 0) is 42.6 Å². The average molecular weight is 356 g/mol. The smallest absolute Gasteiger partial charge is 0.377 e. The summed E-state index contributed by atoms with van der Waals surface area (Å²) < 4.78 is 1.07. The molecule has 2 aromatic rings. The summed E-state index contributed by atoms with van der Waals surface area (Å²) >= 11 is 3.54. The van der Waals surface area contributed by atoms with Gasteiger partial charge in [-0.2, -0.15) is 0 Å². The van der Waals surface area contributed by atoms with Crippen LogP contribution >= 0.6 is 15.9 Å². The van der Waals surface area contributed by atoms with Gasteiger partial charge in [0, 0.05) is 11.0 Å². The van der Waals surface area contributed by atoms with E-state index in [1.165, 1.54) is 16.7 Å². The number of benzene rings is 2. The van der Waals surface area contributed by atoms with Gasteiger partial charge >= 0.3 is 7.05 Å². The molecule has 0 saturated heterocycles. The molecule has 1 N–H and O–H groups in total. The van der Waals surface area contributed by atoms with Crippen LogP contribution in [0.25, 0.3) is 5.57 Å². The third-order valence-electron chi connectivity index (χ3n) is 4.40. The van der Waals surface area contributed by atoms with Gasteiger partial charge in [0.05, 0.1) is 5.54 Å². The van der Waals surface area contributed by atoms with E-state index in [1.807, 2.05) is 37.2 Å². The van der Waals surface area contributed by atoms with Crippen molar-refractivity contribution in [2.24, 2.45) is 0 Å². The molecule has 0 aromatic heterocycles. The minimum Gasteiger partial charge on any atom is -0.437 e. The molecule has 1 aliphatic heterocycles. The van der Waals surface area contributed by atoms with Crippen molar-refractivity contribution in [2.75, 3.05) is 6.54 Å². The van der Waals surface area contributed by atoms with E-state index < -0.39 is 7.05 Å². The topological polar surface area (TPSA) is 23.5 Å². The quantitative estimate of drug-likeness (QED) is 0.835. The van der Waals surface area contributed by atoms with E-state index in [0.717, 1.165) is 11.0 Å². The van der Waals surface area contributed by atoms with E-state index in [2.05, 4.69) is 58.0 Å². The first kappa shape index (κ1) is 15.5. The van der Waals surface area contributed by atoms with Crippen LogP contribution in [-0.4, -0.2) is 23.4 Å². The van der Waals surface area contributed by atoms with Crippen molar-refractivity contribution in [3.63, 3.8) is 0 Å². The SMILES string of the molecule is CB(O)N1CC(c2cccc(Br)c2)=CC1(C)c1ccccc1. The second-order valence-electron chi connectivity index (χ2n) is 5.95. The fraction of sp³-hybridized carbons (Fsp3) is 0.222. The first-order chi connectivity index (χ1) is 10.5. The monoisotopic (exact) mass is 355 g/mol. The molecular formula is C18H19BBrNO. The Labute approximate surface area is 140 Å². The maximum Gasteiger partial charge on any atom is 0.377 e. The Bertz CT molecular complexity index is 701. The Balaban J connectivity index is 2.06. The lowest BCUT2D eigenvalue weighted by Crippen LogP contribution is -2.47. The highest BCUT2D eigenvalue weighted by Crippen LogP contribution is 2.40. The van der Waals surface area contributed by atoms with E-state index in [0.29, 0.717) is 0 Å². The Hall–Kier alpha value is -1.36. The summed E-state index contributed by atoms with van der Waals surface area (Å²) in [7, 11) is -0.508. The summed E-state index contributed by atoms with van der Waals surface area (Å²) in [6.45, 7) is 4.73. The van der Waals surface area contributed by atoms with Crippen molar-refractivity contribution in [3.05, 3.63) is 76.3 Å². The zero-order valence-electron chi connectivity index (χ0n) is 12.8. The van der Waals surface area contributed by atoms with Crippen LogP contribution in [0.4, 0.5) is 0 Å². The summed E-state index contributed by atoms with van der Waals surface area (Å²) in [4.78, 5) is 2.12. The molecule has 0 fully saturated rings. The molecule has 1 aliphatic rings. The number of rotatable bonds is 3. The zero-order chi connectivity index (χ0) is 15.7. The molecule has 0 aliphatic carbocycles. The molecular weight excluding hydrogens is 337 g/mol. The van der Waals surface area contributed by atoms with Crippen LogP contribution in [0.5, 0.6) is 0 Å². The standard InChI is InChI=1S/C18H19BBrNO/c1-18(16-8-4-3-5-9-16)12-15(13-21(18)19(2)22)14-7-6-10-17(20)11-14/h3-12,22H,13H2,1-2H3. The molecule has 2 nitrogen and oxygen atoms in total. The van der Waals surface area contributed by atoms with Gasteiger partial charge in [0.15, 0.2) is 0 Å². The summed E-state index contributed by atoms with van der Waals surface area (Å²) in [5.41, 5.74) is 3.33. The molecule has 1 atom stereocenters. The van der Waals surface area contributed by atoms with Crippen LogP contribution in [0.3, 0.4) is 0 Å². The third kappa shape index (κ3) is 2.79. The maximum absolute atomic E-state index is 10.3. The molecule has 0 spiro atoms. The normalized spacial score (nSPS) is 21.7. The highest BCUT2D eigenvalue weighted by molar-refractivity contribution is 9.10. The van der Waals surface area contributed by atoms with Crippen molar-refractivity contribution < 1.29 is 5.02 Å². The first-order valence-electron chi connectivity index (χ1n) is 7.49. The predicted molar refractivity (Wildman–Crippen MR) is 96.5 cm³/mol. The number of hydrogen-bond acceptors (Lipinski definition) is 2. The minimum absolute atomic E-state index is 0.299. The summed E-state index contributed by atoms with van der Waals surface area (Å²) in [6.07, 6.45) is 2.27. The fourth-order valence-corrected chi connectivity index (χ4v) is 3.62. The highest BCUT2D eigenvalue weighted by atomic mass is 79.9. The van der Waals surface area contributed by atoms with Crippen molar-refractivity contribution in [1.29, 1.82) is 0 Å². The van der Waals surface area contributed by atoms with Gasteiger partial charge in [0.2, 0.25) is 0 Å². The molecule has 22 heavy (non-hydrogen) atoms. The van der Waals surface area contributed by atoms with Gasteiger partial charge in [-0.1, -0.05) is 64.5 Å². The predicted octanol–water partition coefficient (Wildman–Crippen LogP) is 4.17. The Kier molecular flexibility index (Phi) is 4.26. The Morgan fingerprint density at radius 1 is 1.14 bits per heavy atom.